The molecule has 0 unspecified atom stereocenters. The molecule has 0 bridgehead atoms. The Morgan fingerprint density at radius 1 is 1.26 bits per heavy atom. The van der Waals surface area contributed by atoms with Crippen LogP contribution in [0.15, 0.2) is 30.8 Å². The Hall–Kier alpha value is -2.03. The van der Waals surface area contributed by atoms with Gasteiger partial charge in [0.15, 0.2) is 0 Å². The second kappa shape index (κ2) is 3.73. The summed E-state index contributed by atoms with van der Waals surface area (Å²) in [6.07, 6.45) is 2.49. The Morgan fingerprint density at radius 2 is 2.11 bits per heavy atom. The first-order valence-electron chi connectivity index (χ1n) is 6.84. The molecule has 2 aliphatic rings. The third-order valence-corrected chi connectivity index (χ3v) is 4.47. The highest BCUT2D eigenvalue weighted by Crippen LogP contribution is 2.37. The molecule has 2 aromatic rings. The van der Waals surface area contributed by atoms with E-state index >= 15 is 0 Å². The molecule has 0 saturated carbocycles. The molecule has 1 N–H and O–H groups in total. The van der Waals surface area contributed by atoms with Crippen molar-refractivity contribution < 1.29 is 4.79 Å². The third kappa shape index (κ3) is 1.41. The minimum Gasteiger partial charge on any atom is -0.355 e. The van der Waals surface area contributed by atoms with Gasteiger partial charge in [-0.25, -0.2) is 0 Å². The van der Waals surface area contributed by atoms with Gasteiger partial charge in [0, 0.05) is 29.6 Å². The molecule has 1 saturated heterocycles. The summed E-state index contributed by atoms with van der Waals surface area (Å²) in [6.45, 7) is 5.08. The first-order chi connectivity index (χ1) is 9.25. The van der Waals surface area contributed by atoms with E-state index in [9.17, 15) is 4.79 Å². The van der Waals surface area contributed by atoms with E-state index in [1.807, 2.05) is 11.0 Å². The zero-order valence-electron chi connectivity index (χ0n) is 10.8. The molecular formula is C16H16N2O. The number of hydrogen-bond donors (Lipinski definition) is 1. The van der Waals surface area contributed by atoms with Gasteiger partial charge in [-0.15, -0.1) is 0 Å². The van der Waals surface area contributed by atoms with Crippen LogP contribution in [0.5, 0.6) is 0 Å². The maximum absolute atomic E-state index is 11.9. The molecule has 3 heterocycles. The molecule has 1 atom stereocenters. The largest absolute Gasteiger partial charge is 0.355 e. The Bertz CT molecular complexity index is 698. The highest BCUT2D eigenvalue weighted by molar-refractivity contribution is 5.92. The average molecular weight is 252 g/mol. The number of carbonyl (C=O) groups excluding carboxylic acids is 1. The van der Waals surface area contributed by atoms with Crippen LogP contribution in [0, 0.1) is 0 Å². The Kier molecular flexibility index (Phi) is 2.13. The monoisotopic (exact) mass is 252 g/mol. The molecule has 4 rings (SSSR count). The summed E-state index contributed by atoms with van der Waals surface area (Å²) in [6, 6.07) is 8.56. The van der Waals surface area contributed by atoms with Crippen LogP contribution < -0.4 is 0 Å². The minimum absolute atomic E-state index is 0.196. The number of H-pyrrole nitrogens is 1. The van der Waals surface area contributed by atoms with E-state index in [0.717, 1.165) is 30.7 Å². The molecule has 96 valence electrons. The molecule has 0 spiro atoms. The van der Waals surface area contributed by atoms with Crippen LogP contribution in [0.1, 0.15) is 24.1 Å². The smallest absolute Gasteiger partial charge is 0.223 e. The van der Waals surface area contributed by atoms with Crippen molar-refractivity contribution in [2.24, 2.45) is 0 Å². The fraction of sp³-hybridized carbons (Fsp3) is 0.312. The van der Waals surface area contributed by atoms with Crippen molar-refractivity contribution in [2.45, 2.75) is 25.3 Å². The average Bonchev–Trinajstić information content (AvgIpc) is 2.93. The first kappa shape index (κ1) is 10.9. The van der Waals surface area contributed by atoms with Gasteiger partial charge in [0.2, 0.25) is 5.91 Å². The predicted molar refractivity (Wildman–Crippen MR) is 75.8 cm³/mol. The lowest BCUT2D eigenvalue weighted by molar-refractivity contribution is -0.128. The molecular weight excluding hydrogens is 236 g/mol. The number of para-hydroxylation sites is 1. The molecule has 1 aromatic heterocycles. The minimum atomic E-state index is 0.196. The number of amides is 1. The van der Waals surface area contributed by atoms with Crippen LogP contribution in [-0.2, 0) is 11.2 Å². The fourth-order valence-electron chi connectivity index (χ4n) is 3.51. The second-order valence-corrected chi connectivity index (χ2v) is 5.44. The van der Waals surface area contributed by atoms with Crippen molar-refractivity contribution in [2.75, 3.05) is 6.54 Å². The second-order valence-electron chi connectivity index (χ2n) is 5.44. The number of hydrogen-bond acceptors (Lipinski definition) is 1. The first-order valence-corrected chi connectivity index (χ1v) is 6.84. The molecule has 0 radical (unpaired) electrons. The number of carbonyl (C=O) groups is 1. The molecule has 3 nitrogen and oxygen atoms in total. The number of aromatic nitrogens is 1. The summed E-state index contributed by atoms with van der Waals surface area (Å²) in [5.74, 6) is 0.278. The highest BCUT2D eigenvalue weighted by atomic mass is 16.2. The molecule has 1 fully saturated rings. The standard InChI is InChI=1S/C16H16N2O/c1-10-14-6-7-15(19)18(14)9-8-12-11-4-2-3-5-13(11)17-16(10)12/h2-5,14,17H,1,6-9H2/t14-/m0/s1. The summed E-state index contributed by atoms with van der Waals surface area (Å²) in [4.78, 5) is 17.4. The van der Waals surface area contributed by atoms with Crippen LogP contribution in [-0.4, -0.2) is 28.4 Å². The van der Waals surface area contributed by atoms with Crippen molar-refractivity contribution in [3.8, 4) is 0 Å². The highest BCUT2D eigenvalue weighted by Gasteiger charge is 2.36. The van der Waals surface area contributed by atoms with E-state index in [1.54, 1.807) is 0 Å². The Balaban J connectivity index is 1.90. The fourth-order valence-corrected chi connectivity index (χ4v) is 3.51. The van der Waals surface area contributed by atoms with Gasteiger partial charge < -0.3 is 9.88 Å². The maximum atomic E-state index is 11.9. The van der Waals surface area contributed by atoms with Crippen molar-refractivity contribution in [3.05, 3.63) is 42.1 Å². The number of nitrogens with zero attached hydrogens (tertiary/aromatic N) is 1. The van der Waals surface area contributed by atoms with Crippen LogP contribution in [0.4, 0.5) is 0 Å². The van der Waals surface area contributed by atoms with Gasteiger partial charge in [0.1, 0.15) is 0 Å². The molecule has 3 heteroatoms. The van der Waals surface area contributed by atoms with Gasteiger partial charge in [0.05, 0.1) is 6.04 Å². The van der Waals surface area contributed by atoms with Gasteiger partial charge in [-0.1, -0.05) is 24.8 Å². The van der Waals surface area contributed by atoms with Gasteiger partial charge in [0.25, 0.3) is 0 Å². The zero-order valence-corrected chi connectivity index (χ0v) is 10.8. The number of aromatic amines is 1. The predicted octanol–water partition coefficient (Wildman–Crippen LogP) is 2.73. The maximum Gasteiger partial charge on any atom is 0.223 e. The van der Waals surface area contributed by atoms with E-state index in [-0.39, 0.29) is 11.9 Å². The molecule has 1 amide bonds. The number of nitrogens with one attached hydrogen (secondary N) is 1. The lowest BCUT2D eigenvalue weighted by Gasteiger charge is -2.23. The van der Waals surface area contributed by atoms with Crippen molar-refractivity contribution >= 4 is 22.4 Å². The molecule has 1 aromatic carbocycles. The van der Waals surface area contributed by atoms with Crippen LogP contribution in [0.3, 0.4) is 0 Å². The summed E-state index contributed by atoms with van der Waals surface area (Å²) < 4.78 is 0. The quantitative estimate of drug-likeness (QED) is 0.769. The molecule has 0 aliphatic carbocycles. The van der Waals surface area contributed by atoms with Crippen molar-refractivity contribution in [1.82, 2.24) is 9.88 Å². The number of benzene rings is 1. The van der Waals surface area contributed by atoms with E-state index < -0.39 is 0 Å². The van der Waals surface area contributed by atoms with Crippen LogP contribution >= 0.6 is 0 Å². The van der Waals surface area contributed by atoms with E-state index in [4.69, 9.17) is 0 Å². The van der Waals surface area contributed by atoms with Crippen LogP contribution in [0.25, 0.3) is 16.5 Å². The van der Waals surface area contributed by atoms with Crippen molar-refractivity contribution in [3.63, 3.8) is 0 Å². The van der Waals surface area contributed by atoms with E-state index in [1.165, 1.54) is 16.5 Å². The summed E-state index contributed by atoms with van der Waals surface area (Å²) in [5.41, 5.74) is 4.73. The van der Waals surface area contributed by atoms with Gasteiger partial charge in [-0.3, -0.25) is 4.79 Å². The normalized spacial score (nSPS) is 22.5. The lowest BCUT2D eigenvalue weighted by Crippen LogP contribution is -2.33. The van der Waals surface area contributed by atoms with Crippen LogP contribution in [0.2, 0.25) is 0 Å². The summed E-state index contributed by atoms with van der Waals surface area (Å²) in [7, 11) is 0. The molecule has 19 heavy (non-hydrogen) atoms. The summed E-state index contributed by atoms with van der Waals surface area (Å²) >= 11 is 0. The van der Waals surface area contributed by atoms with E-state index in [2.05, 4.69) is 29.8 Å². The number of fused-ring (bicyclic) bond motifs is 4. The van der Waals surface area contributed by atoms with Gasteiger partial charge in [-0.05, 0) is 30.0 Å². The SMILES string of the molecule is C=C1c2[nH]c3ccccc3c2CCN2C(=O)CC[C@@H]12. The number of rotatable bonds is 0. The Labute approximate surface area is 111 Å². The Morgan fingerprint density at radius 3 is 3.00 bits per heavy atom. The van der Waals surface area contributed by atoms with Gasteiger partial charge >= 0.3 is 0 Å². The zero-order chi connectivity index (χ0) is 13.0. The van der Waals surface area contributed by atoms with Gasteiger partial charge in [-0.2, -0.15) is 0 Å². The summed E-state index contributed by atoms with van der Waals surface area (Å²) in [5, 5.41) is 1.27. The molecule has 2 aliphatic heterocycles. The topological polar surface area (TPSA) is 36.1 Å². The van der Waals surface area contributed by atoms with Crippen molar-refractivity contribution in [1.29, 1.82) is 0 Å². The lowest BCUT2D eigenvalue weighted by atomic mass is 10.00. The third-order valence-electron chi connectivity index (χ3n) is 4.47. The van der Waals surface area contributed by atoms with E-state index in [0.29, 0.717) is 6.42 Å².